The lowest BCUT2D eigenvalue weighted by atomic mass is 10.0. The van der Waals surface area contributed by atoms with Crippen molar-refractivity contribution in [3.63, 3.8) is 0 Å². The largest absolute Gasteiger partial charge is 0.368 e. The van der Waals surface area contributed by atoms with Crippen LogP contribution in [-0.2, 0) is 9.59 Å². The van der Waals surface area contributed by atoms with E-state index in [0.29, 0.717) is 0 Å². The molecule has 0 aliphatic rings. The summed E-state index contributed by atoms with van der Waals surface area (Å²) >= 11 is 0. The molecule has 2 amide bonds. The van der Waals surface area contributed by atoms with Gasteiger partial charge in [-0.05, 0) is 6.92 Å². The average Bonchev–Trinajstić information content (AvgIpc) is 1.65. The van der Waals surface area contributed by atoms with Crippen molar-refractivity contribution in [2.75, 3.05) is 0 Å². The molecule has 5 heteroatoms. The Morgan fingerprint density at radius 2 is 1.44 bits per heavy atom. The second-order valence-corrected chi connectivity index (χ2v) is 1.93. The third kappa shape index (κ3) is 1.39. The van der Waals surface area contributed by atoms with Gasteiger partial charge >= 0.3 is 0 Å². The zero-order valence-corrected chi connectivity index (χ0v) is 5.05. The molecule has 52 valence electrons. The number of rotatable bonds is 2. The van der Waals surface area contributed by atoms with Crippen LogP contribution in [0.15, 0.2) is 0 Å². The predicted octanol–water partition coefficient (Wildman–Crippen LogP) is -2.33. The fourth-order valence-electron chi connectivity index (χ4n) is 0.121. The first-order chi connectivity index (χ1) is 3.89. The first-order valence-electron chi connectivity index (χ1n) is 2.27. The van der Waals surface area contributed by atoms with E-state index < -0.39 is 17.4 Å². The highest BCUT2D eigenvalue weighted by atomic mass is 16.2. The van der Waals surface area contributed by atoms with Gasteiger partial charge in [-0.3, -0.25) is 9.59 Å². The molecule has 0 aliphatic carbocycles. The Hall–Kier alpha value is -1.10. The second-order valence-electron chi connectivity index (χ2n) is 1.93. The molecule has 0 saturated heterocycles. The number of hydrogen-bond donors (Lipinski definition) is 3. The quantitative estimate of drug-likeness (QED) is 0.365. The Morgan fingerprint density at radius 3 is 1.44 bits per heavy atom. The first kappa shape index (κ1) is 7.90. The standard InChI is InChI=1S/C4H9N3O2/c1-4(7,2(5)8)3(6)9/h7H2,1H3,(H2,5,8)(H2,6,9). The summed E-state index contributed by atoms with van der Waals surface area (Å²) in [6.07, 6.45) is 0. The number of amides is 2. The van der Waals surface area contributed by atoms with E-state index in [1.165, 1.54) is 0 Å². The lowest BCUT2D eigenvalue weighted by molar-refractivity contribution is -0.132. The number of nitrogens with two attached hydrogens (primary N) is 3. The number of hydrogen-bond acceptors (Lipinski definition) is 3. The van der Waals surface area contributed by atoms with Gasteiger partial charge in [0.1, 0.15) is 0 Å². The lowest BCUT2D eigenvalue weighted by Gasteiger charge is -2.14. The fourth-order valence-corrected chi connectivity index (χ4v) is 0.121. The number of carbonyl (C=O) groups is 2. The molecule has 0 spiro atoms. The molecule has 6 N–H and O–H groups in total. The monoisotopic (exact) mass is 131 g/mol. The van der Waals surface area contributed by atoms with E-state index in [9.17, 15) is 9.59 Å². The summed E-state index contributed by atoms with van der Waals surface area (Å²) in [5.41, 5.74) is 12.7. The second kappa shape index (κ2) is 2.02. The van der Waals surface area contributed by atoms with Crippen molar-refractivity contribution in [2.24, 2.45) is 17.2 Å². The molecule has 0 rings (SSSR count). The van der Waals surface area contributed by atoms with Crippen LogP contribution < -0.4 is 17.2 Å². The van der Waals surface area contributed by atoms with Crippen LogP contribution in [0.25, 0.3) is 0 Å². The van der Waals surface area contributed by atoms with E-state index in [-0.39, 0.29) is 0 Å². The van der Waals surface area contributed by atoms with Crippen LogP contribution in [0.4, 0.5) is 0 Å². The minimum Gasteiger partial charge on any atom is -0.368 e. The zero-order chi connectivity index (χ0) is 7.65. The zero-order valence-electron chi connectivity index (χ0n) is 5.05. The number of primary amides is 2. The van der Waals surface area contributed by atoms with E-state index in [4.69, 9.17) is 17.2 Å². The van der Waals surface area contributed by atoms with Gasteiger partial charge in [0.25, 0.3) is 0 Å². The van der Waals surface area contributed by atoms with E-state index in [2.05, 4.69) is 0 Å². The normalized spacial score (nSPS) is 10.9. The summed E-state index contributed by atoms with van der Waals surface area (Å²) in [5, 5.41) is 0. The van der Waals surface area contributed by atoms with Gasteiger partial charge in [0.05, 0.1) is 0 Å². The van der Waals surface area contributed by atoms with Crippen LogP contribution in [0.1, 0.15) is 6.92 Å². The Morgan fingerprint density at radius 1 is 1.22 bits per heavy atom. The van der Waals surface area contributed by atoms with Gasteiger partial charge in [-0.2, -0.15) is 0 Å². The van der Waals surface area contributed by atoms with Gasteiger partial charge in [0.2, 0.25) is 11.8 Å². The molecule has 0 radical (unpaired) electrons. The van der Waals surface area contributed by atoms with Crippen LogP contribution in [0.5, 0.6) is 0 Å². The molecule has 5 nitrogen and oxygen atoms in total. The predicted molar refractivity (Wildman–Crippen MR) is 31.0 cm³/mol. The molecule has 0 fully saturated rings. The van der Waals surface area contributed by atoms with Gasteiger partial charge in [0.15, 0.2) is 5.54 Å². The van der Waals surface area contributed by atoms with Crippen LogP contribution in [0.3, 0.4) is 0 Å². The summed E-state index contributed by atoms with van der Waals surface area (Å²) in [7, 11) is 0. The molecular weight excluding hydrogens is 122 g/mol. The molecule has 0 aromatic heterocycles. The van der Waals surface area contributed by atoms with Crippen LogP contribution in [0.2, 0.25) is 0 Å². The lowest BCUT2D eigenvalue weighted by Crippen LogP contribution is -2.58. The molecule has 0 atom stereocenters. The smallest absolute Gasteiger partial charge is 0.246 e. The maximum absolute atomic E-state index is 10.3. The molecule has 0 aliphatic heterocycles. The Kier molecular flexibility index (Phi) is 1.77. The summed E-state index contributed by atoms with van der Waals surface area (Å²) < 4.78 is 0. The molecule has 9 heavy (non-hydrogen) atoms. The first-order valence-corrected chi connectivity index (χ1v) is 2.27. The van der Waals surface area contributed by atoms with E-state index in [0.717, 1.165) is 6.92 Å². The van der Waals surface area contributed by atoms with E-state index >= 15 is 0 Å². The molecule has 0 unspecified atom stereocenters. The molecule has 0 aromatic carbocycles. The van der Waals surface area contributed by atoms with Crippen LogP contribution in [-0.4, -0.2) is 17.4 Å². The molecule has 0 bridgehead atoms. The highest BCUT2D eigenvalue weighted by Crippen LogP contribution is 1.93. The summed E-state index contributed by atoms with van der Waals surface area (Å²) in [6, 6.07) is 0. The van der Waals surface area contributed by atoms with Gasteiger partial charge in [-0.1, -0.05) is 0 Å². The average molecular weight is 131 g/mol. The van der Waals surface area contributed by atoms with Crippen LogP contribution in [0, 0.1) is 0 Å². The highest BCUT2D eigenvalue weighted by molar-refractivity contribution is 6.07. The van der Waals surface area contributed by atoms with Crippen molar-refractivity contribution in [2.45, 2.75) is 12.5 Å². The molecular formula is C4H9N3O2. The number of carbonyl (C=O) groups excluding carboxylic acids is 2. The van der Waals surface area contributed by atoms with Crippen LogP contribution >= 0.6 is 0 Å². The van der Waals surface area contributed by atoms with Gasteiger partial charge in [0, 0.05) is 0 Å². The Balaban J connectivity index is 4.38. The summed E-state index contributed by atoms with van der Waals surface area (Å²) in [5.74, 6) is -1.84. The maximum atomic E-state index is 10.3. The summed E-state index contributed by atoms with van der Waals surface area (Å²) in [6.45, 7) is 1.16. The van der Waals surface area contributed by atoms with Crippen molar-refractivity contribution in [3.05, 3.63) is 0 Å². The third-order valence-corrected chi connectivity index (χ3v) is 1.02. The van der Waals surface area contributed by atoms with Crippen molar-refractivity contribution in [3.8, 4) is 0 Å². The Labute approximate surface area is 52.2 Å². The van der Waals surface area contributed by atoms with E-state index in [1.54, 1.807) is 0 Å². The van der Waals surface area contributed by atoms with Crippen molar-refractivity contribution in [1.29, 1.82) is 0 Å². The fraction of sp³-hybridized carbons (Fsp3) is 0.500. The van der Waals surface area contributed by atoms with Gasteiger partial charge in [-0.25, -0.2) is 0 Å². The molecule has 0 saturated carbocycles. The third-order valence-electron chi connectivity index (χ3n) is 1.02. The Bertz CT molecular complexity index is 136. The molecule has 0 heterocycles. The van der Waals surface area contributed by atoms with Crippen molar-refractivity contribution in [1.82, 2.24) is 0 Å². The minimum absolute atomic E-state index is 0.921. The van der Waals surface area contributed by atoms with Crippen molar-refractivity contribution < 1.29 is 9.59 Å². The SMILES string of the molecule is CC(N)(C(N)=O)C(N)=O. The topological polar surface area (TPSA) is 112 Å². The van der Waals surface area contributed by atoms with Gasteiger partial charge < -0.3 is 17.2 Å². The maximum Gasteiger partial charge on any atom is 0.246 e. The van der Waals surface area contributed by atoms with Crippen molar-refractivity contribution >= 4 is 11.8 Å². The van der Waals surface area contributed by atoms with Gasteiger partial charge in [-0.15, -0.1) is 0 Å². The molecule has 0 aromatic rings. The summed E-state index contributed by atoms with van der Waals surface area (Å²) in [4.78, 5) is 20.5. The van der Waals surface area contributed by atoms with E-state index in [1.807, 2.05) is 0 Å². The highest BCUT2D eigenvalue weighted by Gasteiger charge is 2.32. The minimum atomic E-state index is -1.72.